The summed E-state index contributed by atoms with van der Waals surface area (Å²) in [7, 11) is 1.65. The van der Waals surface area contributed by atoms with Crippen LogP contribution in [0.3, 0.4) is 0 Å². The maximum absolute atomic E-state index is 12.8. The van der Waals surface area contributed by atoms with Gasteiger partial charge in [0.1, 0.15) is 5.75 Å². The summed E-state index contributed by atoms with van der Waals surface area (Å²) in [6.45, 7) is 2.83. The van der Waals surface area contributed by atoms with E-state index in [1.807, 2.05) is 29.2 Å². The summed E-state index contributed by atoms with van der Waals surface area (Å²) in [6.07, 6.45) is 5.72. The summed E-state index contributed by atoms with van der Waals surface area (Å²) in [5, 5.41) is 10.0. The van der Waals surface area contributed by atoms with Crippen molar-refractivity contribution in [1.82, 2.24) is 15.1 Å². The van der Waals surface area contributed by atoms with Crippen molar-refractivity contribution in [2.45, 2.75) is 38.6 Å². The lowest BCUT2D eigenvalue weighted by Gasteiger charge is -2.35. The second-order valence-electron chi connectivity index (χ2n) is 6.03. The Morgan fingerprint density at radius 1 is 1.42 bits per heavy atom. The van der Waals surface area contributed by atoms with Crippen molar-refractivity contribution in [2.24, 2.45) is 0 Å². The van der Waals surface area contributed by atoms with E-state index in [9.17, 15) is 4.79 Å². The molecule has 1 aliphatic rings. The van der Waals surface area contributed by atoms with Gasteiger partial charge in [-0.15, -0.1) is 0 Å². The third kappa shape index (κ3) is 3.37. The number of hydrogen-bond acceptors (Lipinski definition) is 3. The molecule has 1 aliphatic heterocycles. The van der Waals surface area contributed by atoms with Crippen LogP contribution in [0, 0.1) is 0 Å². The highest BCUT2D eigenvalue weighted by molar-refractivity contribution is 5.90. The van der Waals surface area contributed by atoms with E-state index in [-0.39, 0.29) is 12.1 Å². The first-order valence-corrected chi connectivity index (χ1v) is 8.46. The number of carbonyl (C=O) groups excluding carboxylic acids is 1. The van der Waals surface area contributed by atoms with Crippen LogP contribution in [0.2, 0.25) is 0 Å². The lowest BCUT2D eigenvalue weighted by atomic mass is 10.00. The van der Waals surface area contributed by atoms with Gasteiger partial charge in [-0.3, -0.25) is 5.10 Å². The number of urea groups is 1. The molecule has 6 heteroatoms. The minimum Gasteiger partial charge on any atom is -0.496 e. The Hall–Kier alpha value is -2.50. The summed E-state index contributed by atoms with van der Waals surface area (Å²) in [5.74, 6) is 0.805. The van der Waals surface area contributed by atoms with Crippen LogP contribution in [0.15, 0.2) is 30.5 Å². The van der Waals surface area contributed by atoms with Crippen LogP contribution in [0.4, 0.5) is 10.5 Å². The first-order chi connectivity index (χ1) is 11.7. The number of amides is 2. The molecule has 1 saturated heterocycles. The summed E-state index contributed by atoms with van der Waals surface area (Å²) in [6, 6.07) is 7.71. The molecule has 1 aromatic heterocycles. The number of aromatic nitrogens is 2. The monoisotopic (exact) mass is 328 g/mol. The fourth-order valence-electron chi connectivity index (χ4n) is 3.26. The molecule has 0 saturated carbocycles. The highest BCUT2D eigenvalue weighted by Gasteiger charge is 2.29. The Morgan fingerprint density at radius 2 is 2.29 bits per heavy atom. The molecule has 0 bridgehead atoms. The molecule has 0 unspecified atom stereocenters. The Balaban J connectivity index is 1.75. The van der Waals surface area contributed by atoms with E-state index in [4.69, 9.17) is 4.74 Å². The van der Waals surface area contributed by atoms with Crippen molar-refractivity contribution in [3.05, 3.63) is 41.7 Å². The predicted molar refractivity (Wildman–Crippen MR) is 93.3 cm³/mol. The van der Waals surface area contributed by atoms with Crippen molar-refractivity contribution >= 4 is 11.7 Å². The topological polar surface area (TPSA) is 70.2 Å². The lowest BCUT2D eigenvalue weighted by molar-refractivity contribution is 0.161. The molecule has 2 heterocycles. The van der Waals surface area contributed by atoms with Crippen molar-refractivity contribution in [1.29, 1.82) is 0 Å². The third-order valence-electron chi connectivity index (χ3n) is 4.56. The first kappa shape index (κ1) is 16.4. The smallest absolute Gasteiger partial charge is 0.322 e. The highest BCUT2D eigenvalue weighted by atomic mass is 16.5. The number of likely N-dealkylation sites (tertiary alicyclic amines) is 1. The molecule has 3 rings (SSSR count). The van der Waals surface area contributed by atoms with Gasteiger partial charge < -0.3 is 15.0 Å². The Labute approximate surface area is 142 Å². The average molecular weight is 328 g/mol. The van der Waals surface area contributed by atoms with Gasteiger partial charge in [-0.2, -0.15) is 5.10 Å². The van der Waals surface area contributed by atoms with Gasteiger partial charge in [0.05, 0.1) is 18.8 Å². The summed E-state index contributed by atoms with van der Waals surface area (Å²) in [5.41, 5.74) is 2.87. The fraction of sp³-hybridized carbons (Fsp3) is 0.444. The van der Waals surface area contributed by atoms with Crippen molar-refractivity contribution in [3.63, 3.8) is 0 Å². The van der Waals surface area contributed by atoms with Gasteiger partial charge in [0.2, 0.25) is 0 Å². The SMILES string of the molecule is CCc1ccc(NC(=O)N2CCCC[C@H]2c2ccn[nH]2)cc1OC. The molecule has 1 aromatic carbocycles. The zero-order valence-electron chi connectivity index (χ0n) is 14.2. The van der Waals surface area contributed by atoms with Crippen LogP contribution in [-0.2, 0) is 6.42 Å². The minimum absolute atomic E-state index is 0.0538. The third-order valence-corrected chi connectivity index (χ3v) is 4.56. The van der Waals surface area contributed by atoms with Gasteiger partial charge in [0, 0.05) is 24.5 Å². The van der Waals surface area contributed by atoms with E-state index in [1.54, 1.807) is 13.3 Å². The van der Waals surface area contributed by atoms with Crippen LogP contribution in [0.1, 0.15) is 43.5 Å². The Kier molecular flexibility index (Phi) is 5.03. The van der Waals surface area contributed by atoms with Crippen LogP contribution < -0.4 is 10.1 Å². The van der Waals surface area contributed by atoms with E-state index in [0.29, 0.717) is 0 Å². The van der Waals surface area contributed by atoms with E-state index >= 15 is 0 Å². The van der Waals surface area contributed by atoms with Gasteiger partial charge in [-0.25, -0.2) is 4.79 Å². The molecule has 2 aromatic rings. The predicted octanol–water partition coefficient (Wildman–Crippen LogP) is 3.74. The number of aromatic amines is 1. The van der Waals surface area contributed by atoms with E-state index < -0.39 is 0 Å². The summed E-state index contributed by atoms with van der Waals surface area (Å²) in [4.78, 5) is 14.7. The molecule has 128 valence electrons. The maximum Gasteiger partial charge on any atom is 0.322 e. The normalized spacial score (nSPS) is 17.6. The van der Waals surface area contributed by atoms with Crippen molar-refractivity contribution < 1.29 is 9.53 Å². The van der Waals surface area contributed by atoms with Crippen LogP contribution >= 0.6 is 0 Å². The first-order valence-electron chi connectivity index (χ1n) is 8.46. The maximum atomic E-state index is 12.8. The number of methoxy groups -OCH3 is 1. The number of piperidine rings is 1. The van der Waals surface area contributed by atoms with Gasteiger partial charge in [-0.05, 0) is 43.4 Å². The van der Waals surface area contributed by atoms with Gasteiger partial charge in [0.25, 0.3) is 0 Å². The molecule has 1 atom stereocenters. The number of carbonyl (C=O) groups is 1. The largest absolute Gasteiger partial charge is 0.496 e. The van der Waals surface area contributed by atoms with E-state index in [0.717, 1.165) is 54.9 Å². The molecule has 24 heavy (non-hydrogen) atoms. The minimum atomic E-state index is -0.0828. The molecular weight excluding hydrogens is 304 g/mol. The van der Waals surface area contributed by atoms with Crippen LogP contribution in [0.25, 0.3) is 0 Å². The number of nitrogens with one attached hydrogen (secondary N) is 2. The second kappa shape index (κ2) is 7.38. The quantitative estimate of drug-likeness (QED) is 0.898. The van der Waals surface area contributed by atoms with E-state index in [2.05, 4.69) is 22.4 Å². The Bertz CT molecular complexity index is 684. The molecule has 0 radical (unpaired) electrons. The number of anilines is 1. The molecule has 1 fully saturated rings. The zero-order chi connectivity index (χ0) is 16.9. The second-order valence-corrected chi connectivity index (χ2v) is 6.03. The Morgan fingerprint density at radius 3 is 3.00 bits per heavy atom. The van der Waals surface area contributed by atoms with E-state index in [1.165, 1.54) is 0 Å². The highest BCUT2D eigenvalue weighted by Crippen LogP contribution is 2.30. The van der Waals surface area contributed by atoms with Crippen molar-refractivity contribution in [3.8, 4) is 5.75 Å². The molecule has 0 aliphatic carbocycles. The fourth-order valence-corrected chi connectivity index (χ4v) is 3.26. The standard InChI is InChI=1S/C18H24N4O2/c1-3-13-7-8-14(12-17(13)24-2)20-18(23)22-11-5-4-6-16(22)15-9-10-19-21-15/h7-10,12,16H,3-6,11H2,1-2H3,(H,19,21)(H,20,23)/t16-/m0/s1. The number of H-pyrrole nitrogens is 1. The number of aryl methyl sites for hydroxylation is 1. The summed E-state index contributed by atoms with van der Waals surface area (Å²) < 4.78 is 5.41. The number of rotatable bonds is 4. The van der Waals surface area contributed by atoms with Gasteiger partial charge in [-0.1, -0.05) is 13.0 Å². The molecule has 2 amide bonds. The van der Waals surface area contributed by atoms with Crippen molar-refractivity contribution in [2.75, 3.05) is 19.0 Å². The molecule has 6 nitrogen and oxygen atoms in total. The summed E-state index contributed by atoms with van der Waals surface area (Å²) >= 11 is 0. The molecular formula is C18H24N4O2. The zero-order valence-corrected chi connectivity index (χ0v) is 14.2. The number of ether oxygens (including phenoxy) is 1. The molecule has 0 spiro atoms. The number of hydrogen-bond donors (Lipinski definition) is 2. The number of nitrogens with zero attached hydrogens (tertiary/aromatic N) is 2. The average Bonchev–Trinajstić information content (AvgIpc) is 3.16. The molecule has 2 N–H and O–H groups in total. The van der Waals surface area contributed by atoms with Crippen LogP contribution in [0.5, 0.6) is 5.75 Å². The van der Waals surface area contributed by atoms with Crippen LogP contribution in [-0.4, -0.2) is 34.8 Å². The lowest BCUT2D eigenvalue weighted by Crippen LogP contribution is -2.41. The van der Waals surface area contributed by atoms with Gasteiger partial charge >= 0.3 is 6.03 Å². The van der Waals surface area contributed by atoms with Gasteiger partial charge in [0.15, 0.2) is 0 Å². The number of benzene rings is 1.